The number of rotatable bonds is 9. The maximum absolute atomic E-state index is 12.7. The molecule has 1 fully saturated rings. The number of nitrogens with zero attached hydrogens (tertiary/aromatic N) is 1. The molecule has 0 unspecified atom stereocenters. The van der Waals surface area contributed by atoms with E-state index < -0.39 is 10.0 Å². The number of halogens is 1. The molecule has 168 valence electrons. The Bertz CT molecular complexity index is 974. The first-order valence-corrected chi connectivity index (χ1v) is 12.1. The van der Waals surface area contributed by atoms with Crippen LogP contribution in [0.5, 0.6) is 11.5 Å². The molecule has 1 heterocycles. The number of piperidine rings is 1. The Kier molecular flexibility index (Phi) is 8.17. The third-order valence-corrected chi connectivity index (χ3v) is 7.29. The van der Waals surface area contributed by atoms with Crippen molar-refractivity contribution in [2.75, 3.05) is 33.4 Å². The highest BCUT2D eigenvalue weighted by molar-refractivity contribution is 7.88. The van der Waals surface area contributed by atoms with Crippen LogP contribution in [-0.4, -0.2) is 52.0 Å². The molecule has 0 saturated carbocycles. The van der Waals surface area contributed by atoms with E-state index in [-0.39, 0.29) is 17.6 Å². The molecular weight excluding hydrogens is 440 g/mol. The lowest BCUT2D eigenvalue weighted by atomic mass is 9.97. The number of ether oxygens (including phenoxy) is 2. The quantitative estimate of drug-likeness (QED) is 0.574. The van der Waals surface area contributed by atoms with E-state index in [1.165, 1.54) is 4.31 Å². The zero-order valence-electron chi connectivity index (χ0n) is 17.4. The molecule has 0 bridgehead atoms. The van der Waals surface area contributed by atoms with Gasteiger partial charge < -0.3 is 14.8 Å². The van der Waals surface area contributed by atoms with Crippen LogP contribution in [0, 0.1) is 5.92 Å². The van der Waals surface area contributed by atoms with Gasteiger partial charge in [0, 0.05) is 30.1 Å². The summed E-state index contributed by atoms with van der Waals surface area (Å²) in [5.74, 6) is 1.05. The summed E-state index contributed by atoms with van der Waals surface area (Å²) in [5.41, 5.74) is 0.695. The number of amides is 1. The summed E-state index contributed by atoms with van der Waals surface area (Å²) in [6.07, 6.45) is 1.00. The lowest BCUT2D eigenvalue weighted by Gasteiger charge is -2.30. The van der Waals surface area contributed by atoms with E-state index in [0.717, 1.165) is 0 Å². The van der Waals surface area contributed by atoms with Crippen LogP contribution in [0.25, 0.3) is 0 Å². The van der Waals surface area contributed by atoms with Crippen molar-refractivity contribution in [1.82, 2.24) is 9.62 Å². The molecule has 0 aliphatic carbocycles. The zero-order chi connectivity index (χ0) is 22.3. The Morgan fingerprint density at radius 3 is 2.48 bits per heavy atom. The molecule has 7 nitrogen and oxygen atoms in total. The van der Waals surface area contributed by atoms with Crippen LogP contribution in [0.4, 0.5) is 0 Å². The molecule has 2 aromatic carbocycles. The predicted molar refractivity (Wildman–Crippen MR) is 120 cm³/mol. The topological polar surface area (TPSA) is 84.9 Å². The molecule has 0 aromatic heterocycles. The Morgan fingerprint density at radius 1 is 1.13 bits per heavy atom. The van der Waals surface area contributed by atoms with E-state index >= 15 is 0 Å². The zero-order valence-corrected chi connectivity index (χ0v) is 19.0. The summed E-state index contributed by atoms with van der Waals surface area (Å²) < 4.78 is 37.6. The highest BCUT2D eigenvalue weighted by Crippen LogP contribution is 2.22. The van der Waals surface area contributed by atoms with Crippen LogP contribution >= 0.6 is 11.6 Å². The van der Waals surface area contributed by atoms with Crippen LogP contribution in [0.2, 0.25) is 5.02 Å². The van der Waals surface area contributed by atoms with E-state index in [1.807, 2.05) is 18.2 Å². The number of carbonyl (C=O) groups excluding carboxylic acids is 1. The van der Waals surface area contributed by atoms with E-state index in [1.54, 1.807) is 37.4 Å². The average molecular weight is 467 g/mol. The summed E-state index contributed by atoms with van der Waals surface area (Å²) >= 11 is 5.86. The van der Waals surface area contributed by atoms with Crippen LogP contribution in [0.1, 0.15) is 18.4 Å². The SMILES string of the molecule is COc1cccc(OCCNC(=O)C2CCN(S(=O)(=O)Cc3ccc(Cl)cc3)CC2)c1. The molecule has 1 amide bonds. The molecule has 2 aromatic rings. The Labute approximate surface area is 188 Å². The van der Waals surface area contributed by atoms with Crippen LogP contribution in [-0.2, 0) is 20.6 Å². The third kappa shape index (κ3) is 6.85. The maximum Gasteiger partial charge on any atom is 0.223 e. The maximum atomic E-state index is 12.7. The minimum absolute atomic E-state index is 0.0657. The van der Waals surface area contributed by atoms with Crippen molar-refractivity contribution in [2.24, 2.45) is 5.92 Å². The minimum Gasteiger partial charge on any atom is -0.497 e. The smallest absolute Gasteiger partial charge is 0.223 e. The Morgan fingerprint density at radius 2 is 1.81 bits per heavy atom. The van der Waals surface area contributed by atoms with Gasteiger partial charge in [0.15, 0.2) is 0 Å². The van der Waals surface area contributed by atoms with Crippen molar-refractivity contribution in [2.45, 2.75) is 18.6 Å². The summed E-state index contributed by atoms with van der Waals surface area (Å²) in [6.45, 7) is 1.40. The van der Waals surface area contributed by atoms with Crippen molar-refractivity contribution in [3.05, 3.63) is 59.1 Å². The highest BCUT2D eigenvalue weighted by Gasteiger charge is 2.31. The highest BCUT2D eigenvalue weighted by atomic mass is 35.5. The second-order valence-electron chi connectivity index (χ2n) is 7.37. The van der Waals surface area contributed by atoms with Gasteiger partial charge in [-0.2, -0.15) is 0 Å². The number of sulfonamides is 1. The van der Waals surface area contributed by atoms with Crippen molar-refractivity contribution in [3.63, 3.8) is 0 Å². The third-order valence-electron chi connectivity index (χ3n) is 5.19. The number of methoxy groups -OCH3 is 1. The van der Waals surface area contributed by atoms with Gasteiger partial charge in [-0.3, -0.25) is 4.79 Å². The molecule has 0 spiro atoms. The van der Waals surface area contributed by atoms with Gasteiger partial charge in [-0.1, -0.05) is 29.8 Å². The molecule has 3 rings (SSSR count). The Balaban J connectivity index is 1.40. The molecule has 0 atom stereocenters. The number of nitrogens with one attached hydrogen (secondary N) is 1. The van der Waals surface area contributed by atoms with Gasteiger partial charge in [0.1, 0.15) is 18.1 Å². The van der Waals surface area contributed by atoms with Gasteiger partial charge >= 0.3 is 0 Å². The second kappa shape index (κ2) is 10.8. The van der Waals surface area contributed by atoms with Gasteiger partial charge in [-0.05, 0) is 42.7 Å². The number of hydrogen-bond acceptors (Lipinski definition) is 5. The van der Waals surface area contributed by atoms with Gasteiger partial charge in [0.05, 0.1) is 19.4 Å². The summed E-state index contributed by atoms with van der Waals surface area (Å²) in [7, 11) is -1.84. The fraction of sp³-hybridized carbons (Fsp3) is 0.409. The van der Waals surface area contributed by atoms with Gasteiger partial charge in [0.2, 0.25) is 15.9 Å². The van der Waals surface area contributed by atoms with E-state index in [0.29, 0.717) is 61.2 Å². The fourth-order valence-corrected chi connectivity index (χ4v) is 5.15. The first-order chi connectivity index (χ1) is 14.9. The molecule has 9 heteroatoms. The number of benzene rings is 2. The van der Waals surface area contributed by atoms with Crippen LogP contribution in [0.15, 0.2) is 48.5 Å². The van der Waals surface area contributed by atoms with Crippen LogP contribution in [0.3, 0.4) is 0 Å². The largest absolute Gasteiger partial charge is 0.497 e. The summed E-state index contributed by atoms with van der Waals surface area (Å²) in [5, 5.41) is 3.45. The van der Waals surface area contributed by atoms with E-state index in [2.05, 4.69) is 5.32 Å². The predicted octanol–water partition coefficient (Wildman–Crippen LogP) is 3.09. The molecule has 0 radical (unpaired) electrons. The fourth-order valence-electron chi connectivity index (χ4n) is 3.46. The molecule has 1 saturated heterocycles. The first-order valence-electron chi connectivity index (χ1n) is 10.1. The lowest BCUT2D eigenvalue weighted by molar-refractivity contribution is -0.126. The van der Waals surface area contributed by atoms with Gasteiger partial charge in [-0.15, -0.1) is 0 Å². The molecule has 1 N–H and O–H groups in total. The summed E-state index contributed by atoms with van der Waals surface area (Å²) in [4.78, 5) is 12.4. The average Bonchev–Trinajstić information content (AvgIpc) is 2.78. The minimum atomic E-state index is -3.43. The summed E-state index contributed by atoms with van der Waals surface area (Å²) in [6, 6.07) is 14.1. The van der Waals surface area contributed by atoms with Crippen molar-refractivity contribution >= 4 is 27.5 Å². The van der Waals surface area contributed by atoms with Crippen molar-refractivity contribution in [1.29, 1.82) is 0 Å². The molecule has 31 heavy (non-hydrogen) atoms. The lowest BCUT2D eigenvalue weighted by Crippen LogP contribution is -2.43. The standard InChI is InChI=1S/C22H27ClN2O5S/c1-29-20-3-2-4-21(15-20)30-14-11-24-22(26)18-9-12-25(13-10-18)31(27,28)16-17-5-7-19(23)8-6-17/h2-8,15,18H,9-14,16H2,1H3,(H,24,26). The van der Waals surface area contributed by atoms with Crippen molar-refractivity contribution in [3.8, 4) is 11.5 Å². The monoisotopic (exact) mass is 466 g/mol. The second-order valence-corrected chi connectivity index (χ2v) is 9.78. The first kappa shape index (κ1) is 23.4. The van der Waals surface area contributed by atoms with E-state index in [9.17, 15) is 13.2 Å². The molecule has 1 aliphatic heterocycles. The normalized spacial score (nSPS) is 15.4. The number of carbonyl (C=O) groups is 1. The van der Waals surface area contributed by atoms with Crippen molar-refractivity contribution < 1.29 is 22.7 Å². The van der Waals surface area contributed by atoms with E-state index in [4.69, 9.17) is 21.1 Å². The Hall–Kier alpha value is -2.29. The molecular formula is C22H27ClN2O5S. The van der Waals surface area contributed by atoms with Gasteiger partial charge in [-0.25, -0.2) is 12.7 Å². The van der Waals surface area contributed by atoms with Gasteiger partial charge in [0.25, 0.3) is 0 Å². The number of hydrogen-bond donors (Lipinski definition) is 1. The molecule has 1 aliphatic rings. The van der Waals surface area contributed by atoms with Crippen LogP contribution < -0.4 is 14.8 Å².